The third-order valence-electron chi connectivity index (χ3n) is 2.03. The van der Waals surface area contributed by atoms with E-state index in [4.69, 9.17) is 11.6 Å². The molecule has 0 aliphatic carbocycles. The Bertz CT molecular complexity index is 395. The van der Waals surface area contributed by atoms with Crippen LogP contribution in [0.25, 0.3) is 0 Å². The van der Waals surface area contributed by atoms with E-state index in [0.717, 1.165) is 5.82 Å². The first-order valence-electron chi connectivity index (χ1n) is 4.45. The molecule has 1 aliphatic rings. The van der Waals surface area contributed by atoms with Gasteiger partial charge in [0.05, 0.1) is 6.54 Å². The van der Waals surface area contributed by atoms with Gasteiger partial charge < -0.3 is 4.90 Å². The number of carbonyl (C=O) groups is 1. The lowest BCUT2D eigenvalue weighted by atomic mass is 10.4. The number of halogens is 1. The zero-order chi connectivity index (χ0) is 10.7. The number of carbonyl (C=O) groups excluding carboxylic acids is 1. The van der Waals surface area contributed by atoms with Gasteiger partial charge in [-0.15, -0.1) is 0 Å². The van der Waals surface area contributed by atoms with E-state index in [1.165, 1.54) is 5.01 Å². The zero-order valence-electron chi connectivity index (χ0n) is 7.88. The topological polar surface area (TPSA) is 48.8 Å². The molecule has 0 radical (unpaired) electrons. The van der Waals surface area contributed by atoms with Gasteiger partial charge in [0.2, 0.25) is 6.41 Å². The smallest absolute Gasteiger partial charge is 0.229 e. The third-order valence-corrected chi connectivity index (χ3v) is 2.24. The number of hydrogen-bond acceptors (Lipinski definition) is 4. The summed E-state index contributed by atoms with van der Waals surface area (Å²) in [6.45, 7) is 1.21. The molecular formula is C9H9ClN4O. The van der Waals surface area contributed by atoms with Gasteiger partial charge in [0, 0.05) is 6.54 Å². The normalized spacial score (nSPS) is 15.5. The van der Waals surface area contributed by atoms with E-state index in [-0.39, 0.29) is 0 Å². The Morgan fingerprint density at radius 3 is 2.87 bits per heavy atom. The predicted octanol–water partition coefficient (Wildman–Crippen LogP) is 0.957. The molecule has 0 saturated heterocycles. The van der Waals surface area contributed by atoms with Crippen LogP contribution in [0.15, 0.2) is 23.3 Å². The molecule has 2 heterocycles. The second-order valence-electron chi connectivity index (χ2n) is 3.01. The number of hydrogen-bond donors (Lipinski definition) is 0. The van der Waals surface area contributed by atoms with Crippen molar-refractivity contribution in [3.8, 4) is 0 Å². The Balaban J connectivity index is 2.16. The highest BCUT2D eigenvalue weighted by molar-refractivity contribution is 6.29. The van der Waals surface area contributed by atoms with Crippen molar-refractivity contribution < 1.29 is 4.79 Å². The van der Waals surface area contributed by atoms with E-state index < -0.39 is 0 Å². The average molecular weight is 225 g/mol. The van der Waals surface area contributed by atoms with Crippen LogP contribution in [-0.2, 0) is 4.79 Å². The fourth-order valence-corrected chi connectivity index (χ4v) is 1.42. The molecule has 15 heavy (non-hydrogen) atoms. The van der Waals surface area contributed by atoms with Crippen LogP contribution in [0.4, 0.5) is 5.82 Å². The van der Waals surface area contributed by atoms with Crippen LogP contribution in [0, 0.1) is 0 Å². The molecule has 5 nitrogen and oxygen atoms in total. The second kappa shape index (κ2) is 4.27. The summed E-state index contributed by atoms with van der Waals surface area (Å²) in [5.41, 5.74) is 0. The van der Waals surface area contributed by atoms with Crippen molar-refractivity contribution in [1.82, 2.24) is 9.99 Å². The lowest BCUT2D eigenvalue weighted by molar-refractivity contribution is -0.118. The fourth-order valence-electron chi connectivity index (χ4n) is 1.27. The molecule has 6 heteroatoms. The van der Waals surface area contributed by atoms with Crippen molar-refractivity contribution in [1.29, 1.82) is 0 Å². The Hall–Kier alpha value is -1.62. The van der Waals surface area contributed by atoms with Crippen molar-refractivity contribution in [2.24, 2.45) is 5.10 Å². The summed E-state index contributed by atoms with van der Waals surface area (Å²) < 4.78 is 0. The summed E-state index contributed by atoms with van der Waals surface area (Å²) in [7, 11) is 0. The van der Waals surface area contributed by atoms with Crippen molar-refractivity contribution in [3.63, 3.8) is 0 Å². The molecule has 78 valence electrons. The Morgan fingerprint density at radius 1 is 1.40 bits per heavy atom. The summed E-state index contributed by atoms with van der Waals surface area (Å²) in [5.74, 6) is 0.733. The number of aromatic nitrogens is 1. The molecule has 0 N–H and O–H groups in total. The molecule has 1 amide bonds. The van der Waals surface area contributed by atoms with Gasteiger partial charge in [-0.1, -0.05) is 17.7 Å². The van der Waals surface area contributed by atoms with Crippen LogP contribution in [0.1, 0.15) is 0 Å². The van der Waals surface area contributed by atoms with Gasteiger partial charge >= 0.3 is 0 Å². The summed E-state index contributed by atoms with van der Waals surface area (Å²) in [4.78, 5) is 16.4. The first-order chi connectivity index (χ1) is 7.29. The van der Waals surface area contributed by atoms with Gasteiger partial charge in [-0.3, -0.25) is 4.79 Å². The standard InChI is InChI=1S/C9H9ClN4O/c10-8-2-1-3-9(12-8)13-4-5-14(7-15)11-6-13/h1-3,6-7H,4-5H2. The Labute approximate surface area is 92.0 Å². The van der Waals surface area contributed by atoms with Gasteiger partial charge in [0.15, 0.2) is 0 Å². The van der Waals surface area contributed by atoms with Gasteiger partial charge in [-0.05, 0) is 12.1 Å². The van der Waals surface area contributed by atoms with Crippen LogP contribution in [0.2, 0.25) is 5.15 Å². The third kappa shape index (κ3) is 2.24. The SMILES string of the molecule is O=CN1CCN(c2cccc(Cl)n2)C=N1. The minimum Gasteiger partial charge on any atom is -0.314 e. The van der Waals surface area contributed by atoms with Crippen LogP contribution < -0.4 is 4.90 Å². The lowest BCUT2D eigenvalue weighted by Crippen LogP contribution is -2.37. The van der Waals surface area contributed by atoms with E-state index in [1.807, 2.05) is 17.0 Å². The minimum atomic E-state index is 0.443. The molecule has 0 bridgehead atoms. The maximum absolute atomic E-state index is 10.4. The van der Waals surface area contributed by atoms with Crippen LogP contribution >= 0.6 is 11.6 Å². The van der Waals surface area contributed by atoms with Crippen molar-refractivity contribution >= 4 is 30.2 Å². The van der Waals surface area contributed by atoms with E-state index in [9.17, 15) is 4.79 Å². The molecule has 1 aromatic rings. The number of nitrogens with zero attached hydrogens (tertiary/aromatic N) is 4. The predicted molar refractivity (Wildman–Crippen MR) is 57.9 cm³/mol. The molecule has 2 rings (SSSR count). The van der Waals surface area contributed by atoms with Gasteiger partial charge in [-0.2, -0.15) is 5.10 Å². The van der Waals surface area contributed by atoms with Gasteiger partial charge in [0.25, 0.3) is 0 Å². The number of hydrazone groups is 1. The summed E-state index contributed by atoms with van der Waals surface area (Å²) in [6.07, 6.45) is 2.26. The Morgan fingerprint density at radius 2 is 2.27 bits per heavy atom. The quantitative estimate of drug-likeness (QED) is 0.555. The maximum Gasteiger partial charge on any atom is 0.229 e. The fraction of sp³-hybridized carbons (Fsp3) is 0.222. The number of pyridine rings is 1. The van der Waals surface area contributed by atoms with E-state index in [1.54, 1.807) is 12.4 Å². The lowest BCUT2D eigenvalue weighted by Gasteiger charge is -2.25. The van der Waals surface area contributed by atoms with E-state index in [2.05, 4.69) is 10.1 Å². The van der Waals surface area contributed by atoms with E-state index in [0.29, 0.717) is 24.7 Å². The first-order valence-corrected chi connectivity index (χ1v) is 4.82. The van der Waals surface area contributed by atoms with Crippen molar-refractivity contribution in [2.45, 2.75) is 0 Å². The average Bonchev–Trinajstić information content (AvgIpc) is 2.29. The van der Waals surface area contributed by atoms with Gasteiger partial charge in [0.1, 0.15) is 17.3 Å². The first kappa shape index (κ1) is 9.92. The van der Waals surface area contributed by atoms with E-state index >= 15 is 0 Å². The minimum absolute atomic E-state index is 0.443. The summed E-state index contributed by atoms with van der Waals surface area (Å²) >= 11 is 5.77. The second-order valence-corrected chi connectivity index (χ2v) is 3.40. The highest BCUT2D eigenvalue weighted by atomic mass is 35.5. The van der Waals surface area contributed by atoms with Crippen LogP contribution in [-0.4, -0.2) is 35.8 Å². The molecule has 0 fully saturated rings. The molecule has 0 atom stereocenters. The number of rotatable bonds is 2. The molecule has 1 aromatic heterocycles. The number of anilines is 1. The van der Waals surface area contributed by atoms with Crippen LogP contribution in [0.3, 0.4) is 0 Å². The molecule has 1 aliphatic heterocycles. The molecule has 0 saturated carbocycles. The maximum atomic E-state index is 10.4. The van der Waals surface area contributed by atoms with Crippen LogP contribution in [0.5, 0.6) is 0 Å². The van der Waals surface area contributed by atoms with Crippen molar-refractivity contribution in [2.75, 3.05) is 18.0 Å². The summed E-state index contributed by atoms with van der Waals surface area (Å²) in [6, 6.07) is 5.38. The summed E-state index contributed by atoms with van der Waals surface area (Å²) in [5, 5.41) is 5.70. The molecule has 0 aromatic carbocycles. The number of amides is 1. The molecule has 0 unspecified atom stereocenters. The van der Waals surface area contributed by atoms with Crippen molar-refractivity contribution in [3.05, 3.63) is 23.4 Å². The highest BCUT2D eigenvalue weighted by Crippen LogP contribution is 2.14. The largest absolute Gasteiger partial charge is 0.314 e. The monoisotopic (exact) mass is 224 g/mol. The molecule has 0 spiro atoms. The Kier molecular flexibility index (Phi) is 2.82. The highest BCUT2D eigenvalue weighted by Gasteiger charge is 2.12. The zero-order valence-corrected chi connectivity index (χ0v) is 8.63. The van der Waals surface area contributed by atoms with Gasteiger partial charge in [-0.25, -0.2) is 9.99 Å². The molecular weight excluding hydrogens is 216 g/mol.